The van der Waals surface area contributed by atoms with Crippen LogP contribution in [0.4, 0.5) is 5.82 Å². The molecule has 0 fully saturated rings. The van der Waals surface area contributed by atoms with Crippen LogP contribution in [-0.2, 0) is 6.54 Å². The van der Waals surface area contributed by atoms with Crippen LogP contribution >= 0.6 is 11.3 Å². The Bertz CT molecular complexity index is 594. The lowest BCUT2D eigenvalue weighted by atomic mass is 10.2. The molecule has 19 heavy (non-hydrogen) atoms. The molecule has 0 aromatic carbocycles. The van der Waals surface area contributed by atoms with E-state index in [1.54, 1.807) is 23.5 Å². The summed E-state index contributed by atoms with van der Waals surface area (Å²) in [5.74, 6) is 5.67. The van der Waals surface area contributed by atoms with Crippen molar-refractivity contribution >= 4 is 23.1 Å². The largest absolute Gasteiger partial charge is 0.347 e. The number of carbonyl (C=O) groups is 1. The Hall–Kier alpha value is -1.92. The van der Waals surface area contributed by atoms with Gasteiger partial charge in [-0.3, -0.25) is 4.79 Å². The maximum atomic E-state index is 12.1. The standard InChI is InChI=1S/C13H16N4OS/c1-8-3-4-19-11(8)7-15-13(18)10-5-9(2)16-12(6-10)17-14/h3-6H,7,14H2,1-2H3,(H,15,18)(H,16,17). The molecule has 2 aromatic heterocycles. The zero-order valence-electron chi connectivity index (χ0n) is 10.9. The van der Waals surface area contributed by atoms with Gasteiger partial charge < -0.3 is 10.7 Å². The van der Waals surface area contributed by atoms with Crippen LogP contribution in [0.1, 0.15) is 26.5 Å². The van der Waals surface area contributed by atoms with E-state index in [0.29, 0.717) is 17.9 Å². The number of aryl methyl sites for hydroxylation is 2. The number of nitrogens with two attached hydrogens (primary N) is 1. The fourth-order valence-corrected chi connectivity index (χ4v) is 2.57. The number of hydrogen-bond acceptors (Lipinski definition) is 5. The molecule has 0 saturated carbocycles. The fourth-order valence-electron chi connectivity index (χ4n) is 1.72. The number of anilines is 1. The minimum absolute atomic E-state index is 0.130. The summed E-state index contributed by atoms with van der Waals surface area (Å²) in [5.41, 5.74) is 4.94. The lowest BCUT2D eigenvalue weighted by molar-refractivity contribution is 0.0951. The number of nitrogens with zero attached hydrogens (tertiary/aromatic N) is 1. The number of nitrogen functional groups attached to an aromatic ring is 1. The van der Waals surface area contributed by atoms with Crippen LogP contribution in [0.25, 0.3) is 0 Å². The molecule has 1 amide bonds. The molecular weight excluding hydrogens is 260 g/mol. The lowest BCUT2D eigenvalue weighted by Gasteiger charge is -2.07. The highest BCUT2D eigenvalue weighted by molar-refractivity contribution is 7.10. The Kier molecular flexibility index (Phi) is 4.13. The molecule has 0 unspecified atom stereocenters. The van der Waals surface area contributed by atoms with Gasteiger partial charge in [0.15, 0.2) is 0 Å². The Labute approximate surface area is 115 Å². The molecule has 2 rings (SSSR count). The molecule has 5 nitrogen and oxygen atoms in total. The number of nitrogens with one attached hydrogen (secondary N) is 2. The second-order valence-corrected chi connectivity index (χ2v) is 5.24. The number of hydrogen-bond donors (Lipinski definition) is 3. The molecule has 0 radical (unpaired) electrons. The van der Waals surface area contributed by atoms with Crippen LogP contribution in [0.5, 0.6) is 0 Å². The summed E-state index contributed by atoms with van der Waals surface area (Å²) in [4.78, 5) is 17.4. The first-order valence-corrected chi connectivity index (χ1v) is 6.74. The Balaban J connectivity index is 2.08. The molecule has 2 heterocycles. The van der Waals surface area contributed by atoms with Crippen molar-refractivity contribution in [3.8, 4) is 0 Å². The van der Waals surface area contributed by atoms with Crippen molar-refractivity contribution in [2.45, 2.75) is 20.4 Å². The number of aromatic nitrogens is 1. The third-order valence-electron chi connectivity index (χ3n) is 2.74. The number of carbonyl (C=O) groups excluding carboxylic acids is 1. The summed E-state index contributed by atoms with van der Waals surface area (Å²) in [7, 11) is 0. The maximum Gasteiger partial charge on any atom is 0.251 e. The predicted molar refractivity (Wildman–Crippen MR) is 77.0 cm³/mol. The van der Waals surface area contributed by atoms with Gasteiger partial charge in [0.05, 0.1) is 6.54 Å². The molecule has 0 saturated heterocycles. The van der Waals surface area contributed by atoms with Crippen molar-refractivity contribution in [3.05, 3.63) is 45.3 Å². The van der Waals surface area contributed by atoms with Gasteiger partial charge in [0.1, 0.15) is 5.82 Å². The topological polar surface area (TPSA) is 80.0 Å². The van der Waals surface area contributed by atoms with Gasteiger partial charge in [-0.15, -0.1) is 11.3 Å². The van der Waals surface area contributed by atoms with E-state index in [4.69, 9.17) is 5.84 Å². The van der Waals surface area contributed by atoms with E-state index < -0.39 is 0 Å². The molecule has 6 heteroatoms. The maximum absolute atomic E-state index is 12.1. The zero-order chi connectivity index (χ0) is 13.8. The van der Waals surface area contributed by atoms with Crippen LogP contribution in [0.3, 0.4) is 0 Å². The van der Waals surface area contributed by atoms with Crippen LogP contribution in [0.15, 0.2) is 23.6 Å². The van der Waals surface area contributed by atoms with Crippen LogP contribution in [-0.4, -0.2) is 10.9 Å². The zero-order valence-corrected chi connectivity index (χ0v) is 11.7. The van der Waals surface area contributed by atoms with E-state index >= 15 is 0 Å². The van der Waals surface area contributed by atoms with Gasteiger partial charge in [0, 0.05) is 16.1 Å². The van der Waals surface area contributed by atoms with Crippen LogP contribution in [0, 0.1) is 13.8 Å². The van der Waals surface area contributed by atoms with Crippen molar-refractivity contribution in [3.63, 3.8) is 0 Å². The Morgan fingerprint density at radius 1 is 1.42 bits per heavy atom. The van der Waals surface area contributed by atoms with E-state index in [0.717, 1.165) is 10.6 Å². The first-order chi connectivity index (χ1) is 9.10. The van der Waals surface area contributed by atoms with Crippen molar-refractivity contribution in [2.75, 3.05) is 5.43 Å². The molecule has 0 atom stereocenters. The quantitative estimate of drug-likeness (QED) is 0.589. The molecule has 0 aliphatic heterocycles. The average Bonchev–Trinajstić information content (AvgIpc) is 2.80. The third kappa shape index (κ3) is 3.30. The SMILES string of the molecule is Cc1cc(C(=O)NCc2sccc2C)cc(NN)n1. The highest BCUT2D eigenvalue weighted by Crippen LogP contribution is 2.15. The molecular formula is C13H16N4OS. The Morgan fingerprint density at radius 2 is 2.21 bits per heavy atom. The Morgan fingerprint density at radius 3 is 2.84 bits per heavy atom. The van der Waals surface area contributed by atoms with Gasteiger partial charge in [0.25, 0.3) is 5.91 Å². The highest BCUT2D eigenvalue weighted by atomic mass is 32.1. The molecule has 4 N–H and O–H groups in total. The van der Waals surface area contributed by atoms with Gasteiger partial charge in [-0.25, -0.2) is 10.8 Å². The molecule has 0 aliphatic rings. The van der Waals surface area contributed by atoms with E-state index in [1.807, 2.05) is 25.3 Å². The number of amides is 1. The van der Waals surface area contributed by atoms with Crippen molar-refractivity contribution in [2.24, 2.45) is 5.84 Å². The third-order valence-corrected chi connectivity index (χ3v) is 3.76. The summed E-state index contributed by atoms with van der Waals surface area (Å²) in [6.45, 7) is 4.39. The minimum atomic E-state index is -0.130. The van der Waals surface area contributed by atoms with E-state index in [9.17, 15) is 4.79 Å². The first-order valence-electron chi connectivity index (χ1n) is 5.86. The summed E-state index contributed by atoms with van der Waals surface area (Å²) in [6, 6.07) is 5.40. The fraction of sp³-hybridized carbons (Fsp3) is 0.231. The lowest BCUT2D eigenvalue weighted by Crippen LogP contribution is -2.23. The highest BCUT2D eigenvalue weighted by Gasteiger charge is 2.09. The van der Waals surface area contributed by atoms with E-state index in [2.05, 4.69) is 15.7 Å². The molecule has 100 valence electrons. The van der Waals surface area contributed by atoms with Crippen LogP contribution in [0.2, 0.25) is 0 Å². The van der Waals surface area contributed by atoms with Gasteiger partial charge in [-0.2, -0.15) is 0 Å². The molecule has 0 bridgehead atoms. The predicted octanol–water partition coefficient (Wildman–Crippen LogP) is 1.98. The molecule has 0 spiro atoms. The second-order valence-electron chi connectivity index (χ2n) is 4.24. The summed E-state index contributed by atoms with van der Waals surface area (Å²) in [5, 5.41) is 4.91. The number of rotatable bonds is 4. The summed E-state index contributed by atoms with van der Waals surface area (Å²) in [6.07, 6.45) is 0. The summed E-state index contributed by atoms with van der Waals surface area (Å²) < 4.78 is 0. The van der Waals surface area contributed by atoms with Crippen molar-refractivity contribution in [1.29, 1.82) is 0 Å². The van der Waals surface area contributed by atoms with E-state index in [1.165, 1.54) is 5.56 Å². The minimum Gasteiger partial charge on any atom is -0.347 e. The summed E-state index contributed by atoms with van der Waals surface area (Å²) >= 11 is 1.64. The smallest absolute Gasteiger partial charge is 0.251 e. The van der Waals surface area contributed by atoms with Crippen molar-refractivity contribution < 1.29 is 4.79 Å². The average molecular weight is 276 g/mol. The number of thiophene rings is 1. The normalized spacial score (nSPS) is 10.3. The number of pyridine rings is 1. The van der Waals surface area contributed by atoms with Gasteiger partial charge >= 0.3 is 0 Å². The van der Waals surface area contributed by atoms with Gasteiger partial charge in [-0.1, -0.05) is 0 Å². The van der Waals surface area contributed by atoms with Crippen LogP contribution < -0.4 is 16.6 Å². The van der Waals surface area contributed by atoms with Gasteiger partial charge in [0.2, 0.25) is 0 Å². The molecule has 2 aromatic rings. The monoisotopic (exact) mass is 276 g/mol. The van der Waals surface area contributed by atoms with Gasteiger partial charge in [-0.05, 0) is 43.0 Å². The van der Waals surface area contributed by atoms with E-state index in [-0.39, 0.29) is 5.91 Å². The number of hydrazine groups is 1. The molecule has 0 aliphatic carbocycles. The first kappa shape index (κ1) is 13.5. The van der Waals surface area contributed by atoms with Crippen molar-refractivity contribution in [1.82, 2.24) is 10.3 Å². The second kappa shape index (κ2) is 5.81.